The first-order valence-corrected chi connectivity index (χ1v) is 6.08. The Morgan fingerprint density at radius 3 is 2.71 bits per heavy atom. The number of piperazine rings is 1. The maximum Gasteiger partial charge on any atom is 0.522 e. The van der Waals surface area contributed by atoms with E-state index < -0.39 is 6.36 Å². The topological polar surface area (TPSA) is 24.5 Å². The first-order valence-electron chi connectivity index (χ1n) is 6.08. The number of rotatable bonds is 4. The summed E-state index contributed by atoms with van der Waals surface area (Å²) in [6.07, 6.45) is -2.13. The molecule has 1 unspecified atom stereocenters. The molecular weight excluding hydrogens is 233 g/mol. The molecule has 1 saturated heterocycles. The van der Waals surface area contributed by atoms with Crippen LogP contribution in [0.15, 0.2) is 0 Å². The van der Waals surface area contributed by atoms with Crippen LogP contribution < -0.4 is 5.32 Å². The molecule has 1 N–H and O–H groups in total. The van der Waals surface area contributed by atoms with Gasteiger partial charge in [0.15, 0.2) is 0 Å². The standard InChI is InChI=1S/C11H19F3N2O/c1-10(9-2-3-9)8-15-4-5-16(10)6-7-17-11(12,13)14/h9,15H,2-8H2,1H3. The van der Waals surface area contributed by atoms with Gasteiger partial charge in [0.25, 0.3) is 0 Å². The number of hydrogen-bond donors (Lipinski definition) is 1. The highest BCUT2D eigenvalue weighted by atomic mass is 19.4. The number of hydrogen-bond acceptors (Lipinski definition) is 3. The summed E-state index contributed by atoms with van der Waals surface area (Å²) >= 11 is 0. The fourth-order valence-electron chi connectivity index (χ4n) is 2.67. The van der Waals surface area contributed by atoms with Crippen LogP contribution in [0.3, 0.4) is 0 Å². The van der Waals surface area contributed by atoms with Crippen LogP contribution in [0.5, 0.6) is 0 Å². The van der Waals surface area contributed by atoms with E-state index in [0.717, 1.165) is 19.6 Å². The van der Waals surface area contributed by atoms with Crippen LogP contribution in [0.1, 0.15) is 19.8 Å². The molecule has 0 aromatic rings. The van der Waals surface area contributed by atoms with E-state index >= 15 is 0 Å². The van der Waals surface area contributed by atoms with Gasteiger partial charge in [0, 0.05) is 31.7 Å². The van der Waals surface area contributed by atoms with Crippen molar-refractivity contribution >= 4 is 0 Å². The second kappa shape index (κ2) is 4.74. The molecule has 2 fully saturated rings. The molecule has 1 aliphatic heterocycles. The molecule has 6 heteroatoms. The fraction of sp³-hybridized carbons (Fsp3) is 1.00. The SMILES string of the molecule is CC1(C2CC2)CNCCN1CCOC(F)(F)F. The highest BCUT2D eigenvalue weighted by Crippen LogP contribution is 2.43. The van der Waals surface area contributed by atoms with Gasteiger partial charge in [-0.1, -0.05) is 0 Å². The number of halogens is 3. The first-order chi connectivity index (χ1) is 7.92. The number of nitrogens with zero attached hydrogens (tertiary/aromatic N) is 1. The lowest BCUT2D eigenvalue weighted by molar-refractivity contribution is -0.325. The lowest BCUT2D eigenvalue weighted by Crippen LogP contribution is -2.61. The summed E-state index contributed by atoms with van der Waals surface area (Å²) in [6, 6.07) is 0. The molecule has 17 heavy (non-hydrogen) atoms. The lowest BCUT2D eigenvalue weighted by atomic mass is 9.91. The maximum absolute atomic E-state index is 11.9. The quantitative estimate of drug-likeness (QED) is 0.822. The molecule has 0 aromatic heterocycles. The summed E-state index contributed by atoms with van der Waals surface area (Å²) in [5, 5.41) is 3.33. The Morgan fingerprint density at radius 2 is 2.12 bits per heavy atom. The molecule has 1 atom stereocenters. The van der Waals surface area contributed by atoms with E-state index in [4.69, 9.17) is 0 Å². The van der Waals surface area contributed by atoms with E-state index in [9.17, 15) is 13.2 Å². The van der Waals surface area contributed by atoms with Crippen molar-refractivity contribution in [1.29, 1.82) is 0 Å². The van der Waals surface area contributed by atoms with Crippen LogP contribution in [-0.2, 0) is 4.74 Å². The van der Waals surface area contributed by atoms with Gasteiger partial charge in [-0.2, -0.15) is 0 Å². The van der Waals surface area contributed by atoms with Crippen LogP contribution in [0, 0.1) is 5.92 Å². The molecule has 0 amide bonds. The Balaban J connectivity index is 1.84. The van der Waals surface area contributed by atoms with Crippen molar-refractivity contribution in [3.05, 3.63) is 0 Å². The molecule has 1 aliphatic carbocycles. The minimum atomic E-state index is -4.51. The molecule has 0 spiro atoms. The van der Waals surface area contributed by atoms with Gasteiger partial charge >= 0.3 is 6.36 Å². The van der Waals surface area contributed by atoms with Gasteiger partial charge in [-0.05, 0) is 25.7 Å². The lowest BCUT2D eigenvalue weighted by Gasteiger charge is -2.45. The van der Waals surface area contributed by atoms with Gasteiger partial charge in [-0.15, -0.1) is 13.2 Å². The summed E-state index contributed by atoms with van der Waals surface area (Å²) in [4.78, 5) is 2.15. The fourth-order valence-corrected chi connectivity index (χ4v) is 2.67. The summed E-state index contributed by atoms with van der Waals surface area (Å²) in [5.74, 6) is 0.626. The molecule has 100 valence electrons. The average molecular weight is 252 g/mol. The largest absolute Gasteiger partial charge is 0.522 e. The monoisotopic (exact) mass is 252 g/mol. The molecule has 0 aromatic carbocycles. The molecule has 3 nitrogen and oxygen atoms in total. The van der Waals surface area contributed by atoms with Gasteiger partial charge in [0.05, 0.1) is 6.61 Å². The van der Waals surface area contributed by atoms with E-state index in [0.29, 0.717) is 12.5 Å². The van der Waals surface area contributed by atoms with Crippen molar-refractivity contribution < 1.29 is 17.9 Å². The van der Waals surface area contributed by atoms with Crippen molar-refractivity contribution in [2.45, 2.75) is 31.7 Å². The smallest absolute Gasteiger partial charge is 0.314 e. The molecule has 2 aliphatic rings. The summed E-state index contributed by atoms with van der Waals surface area (Å²) in [7, 11) is 0. The number of ether oxygens (including phenoxy) is 1. The Hall–Kier alpha value is -0.330. The minimum Gasteiger partial charge on any atom is -0.314 e. The third-order valence-electron chi connectivity index (χ3n) is 3.85. The van der Waals surface area contributed by atoms with Crippen molar-refractivity contribution in [3.8, 4) is 0 Å². The predicted octanol–water partition coefficient (Wildman–Crippen LogP) is 1.60. The summed E-state index contributed by atoms with van der Waals surface area (Å²) in [5.41, 5.74) is 0.00715. The molecule has 1 saturated carbocycles. The van der Waals surface area contributed by atoms with Crippen molar-refractivity contribution in [3.63, 3.8) is 0 Å². The summed E-state index contributed by atoms with van der Waals surface area (Å²) in [6.45, 7) is 4.73. The van der Waals surface area contributed by atoms with Crippen LogP contribution in [0.25, 0.3) is 0 Å². The van der Waals surface area contributed by atoms with Crippen LogP contribution in [0.2, 0.25) is 0 Å². The molecule has 1 heterocycles. The van der Waals surface area contributed by atoms with Gasteiger partial charge in [0.1, 0.15) is 0 Å². The first kappa shape index (κ1) is 13.1. The molecular formula is C11H19F3N2O. The predicted molar refractivity (Wildman–Crippen MR) is 57.6 cm³/mol. The van der Waals surface area contributed by atoms with Gasteiger partial charge in [-0.3, -0.25) is 9.64 Å². The van der Waals surface area contributed by atoms with E-state index in [2.05, 4.69) is 21.9 Å². The Kier molecular flexibility index (Phi) is 3.66. The van der Waals surface area contributed by atoms with Crippen molar-refractivity contribution in [2.24, 2.45) is 5.92 Å². The Labute approximate surface area is 99.3 Å². The van der Waals surface area contributed by atoms with Crippen LogP contribution in [-0.4, -0.2) is 49.6 Å². The zero-order valence-corrected chi connectivity index (χ0v) is 10.0. The second-order valence-electron chi connectivity index (χ2n) is 5.09. The van der Waals surface area contributed by atoms with E-state index in [1.165, 1.54) is 12.8 Å². The van der Waals surface area contributed by atoms with Crippen LogP contribution >= 0.6 is 0 Å². The highest BCUT2D eigenvalue weighted by Gasteiger charge is 2.46. The third kappa shape index (κ3) is 3.33. The zero-order chi connectivity index (χ0) is 12.5. The van der Waals surface area contributed by atoms with Gasteiger partial charge < -0.3 is 5.32 Å². The third-order valence-corrected chi connectivity index (χ3v) is 3.85. The average Bonchev–Trinajstić information content (AvgIpc) is 3.02. The normalized spacial score (nSPS) is 31.8. The Morgan fingerprint density at radius 1 is 1.41 bits per heavy atom. The van der Waals surface area contributed by atoms with Crippen LogP contribution in [0.4, 0.5) is 13.2 Å². The Bertz CT molecular complexity index is 268. The van der Waals surface area contributed by atoms with Gasteiger partial charge in [-0.25, -0.2) is 0 Å². The molecule has 0 bridgehead atoms. The minimum absolute atomic E-state index is 0.00715. The maximum atomic E-state index is 11.9. The van der Waals surface area contributed by atoms with E-state index in [1.54, 1.807) is 0 Å². The van der Waals surface area contributed by atoms with E-state index in [1.807, 2.05) is 0 Å². The second-order valence-corrected chi connectivity index (χ2v) is 5.09. The summed E-state index contributed by atoms with van der Waals surface area (Å²) < 4.78 is 39.6. The number of nitrogens with one attached hydrogen (secondary N) is 1. The molecule has 2 rings (SSSR count). The van der Waals surface area contributed by atoms with Gasteiger partial charge in [0.2, 0.25) is 0 Å². The molecule has 0 radical (unpaired) electrons. The zero-order valence-electron chi connectivity index (χ0n) is 10.0. The number of alkyl halides is 3. The van der Waals surface area contributed by atoms with E-state index in [-0.39, 0.29) is 12.1 Å². The van der Waals surface area contributed by atoms with Crippen molar-refractivity contribution in [2.75, 3.05) is 32.8 Å². The highest BCUT2D eigenvalue weighted by molar-refractivity contribution is 5.02. The van der Waals surface area contributed by atoms with Crippen molar-refractivity contribution in [1.82, 2.24) is 10.2 Å².